The number of imidazole rings is 1. The van der Waals surface area contributed by atoms with Gasteiger partial charge in [-0.1, -0.05) is 0 Å². The summed E-state index contributed by atoms with van der Waals surface area (Å²) in [5.41, 5.74) is 3.67. The van der Waals surface area contributed by atoms with Crippen LogP contribution in [0.5, 0.6) is 11.5 Å². The molecule has 0 radical (unpaired) electrons. The second kappa shape index (κ2) is 6.23. The van der Waals surface area contributed by atoms with Gasteiger partial charge in [-0.15, -0.1) is 0 Å². The summed E-state index contributed by atoms with van der Waals surface area (Å²) in [7, 11) is 3.13. The number of aryl methyl sites for hydroxylation is 2. The minimum atomic E-state index is -0.226. The highest BCUT2D eigenvalue weighted by molar-refractivity contribution is 6.04. The number of hydrogen-bond donors (Lipinski definition) is 1. The van der Waals surface area contributed by atoms with Crippen LogP contribution in [0.2, 0.25) is 0 Å². The van der Waals surface area contributed by atoms with Crippen LogP contribution in [0.1, 0.15) is 21.7 Å². The van der Waals surface area contributed by atoms with Crippen molar-refractivity contribution in [1.82, 2.24) is 9.38 Å². The Morgan fingerprint density at radius 1 is 1.08 bits per heavy atom. The summed E-state index contributed by atoms with van der Waals surface area (Å²) in [4.78, 5) is 17.2. The smallest absolute Gasteiger partial charge is 0.274 e. The number of methoxy groups -OCH3 is 2. The van der Waals surface area contributed by atoms with Crippen LogP contribution in [0.3, 0.4) is 0 Å². The molecule has 6 nitrogen and oxygen atoms in total. The molecule has 1 amide bonds. The Bertz CT molecular complexity index is 915. The quantitative estimate of drug-likeness (QED) is 0.800. The Kier molecular flexibility index (Phi) is 4.12. The first-order valence-electron chi connectivity index (χ1n) is 7.52. The van der Waals surface area contributed by atoms with Gasteiger partial charge in [-0.05, 0) is 43.7 Å². The van der Waals surface area contributed by atoms with Gasteiger partial charge in [0.2, 0.25) is 0 Å². The van der Waals surface area contributed by atoms with E-state index in [0.29, 0.717) is 28.6 Å². The second-order valence-electron chi connectivity index (χ2n) is 5.50. The maximum Gasteiger partial charge on any atom is 0.274 e. The number of ether oxygens (including phenoxy) is 2. The van der Waals surface area contributed by atoms with Crippen LogP contribution in [0.4, 0.5) is 5.69 Å². The molecular formula is C18H19N3O3. The van der Waals surface area contributed by atoms with Gasteiger partial charge in [0.1, 0.15) is 11.3 Å². The lowest BCUT2D eigenvalue weighted by Gasteiger charge is -2.11. The molecule has 3 aromatic rings. The predicted octanol–water partition coefficient (Wildman–Crippen LogP) is 3.22. The van der Waals surface area contributed by atoms with E-state index in [4.69, 9.17) is 9.47 Å². The predicted molar refractivity (Wildman–Crippen MR) is 92.2 cm³/mol. The van der Waals surface area contributed by atoms with E-state index >= 15 is 0 Å². The van der Waals surface area contributed by atoms with Gasteiger partial charge < -0.3 is 14.8 Å². The van der Waals surface area contributed by atoms with Gasteiger partial charge in [0.05, 0.1) is 19.9 Å². The van der Waals surface area contributed by atoms with Crippen LogP contribution >= 0.6 is 0 Å². The maximum atomic E-state index is 12.7. The van der Waals surface area contributed by atoms with E-state index in [1.807, 2.05) is 32.2 Å². The third kappa shape index (κ3) is 2.78. The fourth-order valence-electron chi connectivity index (χ4n) is 2.64. The number of rotatable bonds is 4. The third-order valence-electron chi connectivity index (χ3n) is 3.81. The topological polar surface area (TPSA) is 64.9 Å². The van der Waals surface area contributed by atoms with E-state index in [0.717, 1.165) is 11.2 Å². The lowest BCUT2D eigenvalue weighted by Crippen LogP contribution is -2.15. The van der Waals surface area contributed by atoms with Crippen LogP contribution < -0.4 is 14.8 Å². The van der Waals surface area contributed by atoms with Gasteiger partial charge in [-0.3, -0.25) is 9.20 Å². The molecule has 0 unspecified atom stereocenters. The van der Waals surface area contributed by atoms with Crippen LogP contribution in [0.25, 0.3) is 5.65 Å². The van der Waals surface area contributed by atoms with Crippen molar-refractivity contribution in [3.63, 3.8) is 0 Å². The van der Waals surface area contributed by atoms with Gasteiger partial charge in [0.25, 0.3) is 5.91 Å². The van der Waals surface area contributed by atoms with E-state index in [-0.39, 0.29) is 5.91 Å². The number of carbonyl (C=O) groups is 1. The van der Waals surface area contributed by atoms with Crippen molar-refractivity contribution >= 4 is 17.2 Å². The molecule has 2 aromatic heterocycles. The molecule has 0 saturated heterocycles. The molecule has 1 N–H and O–H groups in total. The van der Waals surface area contributed by atoms with Crippen LogP contribution in [-0.4, -0.2) is 29.5 Å². The van der Waals surface area contributed by atoms with Gasteiger partial charge in [0, 0.05) is 18.0 Å². The SMILES string of the molecule is COc1ccc(NC(=O)c2c(C)nc3cc(C)ccn23)cc1OC. The van der Waals surface area contributed by atoms with Crippen molar-refractivity contribution < 1.29 is 14.3 Å². The molecule has 0 bridgehead atoms. The molecular weight excluding hydrogens is 306 g/mol. The van der Waals surface area contributed by atoms with Crippen molar-refractivity contribution in [2.45, 2.75) is 13.8 Å². The van der Waals surface area contributed by atoms with Gasteiger partial charge in [-0.25, -0.2) is 4.98 Å². The largest absolute Gasteiger partial charge is 0.493 e. The Morgan fingerprint density at radius 2 is 1.83 bits per heavy atom. The normalized spacial score (nSPS) is 10.7. The number of pyridine rings is 1. The molecule has 24 heavy (non-hydrogen) atoms. The minimum Gasteiger partial charge on any atom is -0.493 e. The Labute approximate surface area is 140 Å². The molecule has 0 atom stereocenters. The first kappa shape index (κ1) is 15.9. The number of fused-ring (bicyclic) bond motifs is 1. The molecule has 2 heterocycles. The molecule has 0 saturated carbocycles. The minimum absolute atomic E-state index is 0.226. The fourth-order valence-corrected chi connectivity index (χ4v) is 2.64. The number of benzene rings is 1. The average molecular weight is 325 g/mol. The molecule has 0 aliphatic heterocycles. The number of aromatic nitrogens is 2. The van der Waals surface area contributed by atoms with Crippen molar-refractivity contribution in [3.05, 3.63) is 53.5 Å². The fraction of sp³-hybridized carbons (Fsp3) is 0.222. The highest BCUT2D eigenvalue weighted by Gasteiger charge is 2.17. The Balaban J connectivity index is 1.94. The number of carbonyl (C=O) groups excluding carboxylic acids is 1. The molecule has 0 aliphatic carbocycles. The molecule has 3 rings (SSSR count). The first-order valence-corrected chi connectivity index (χ1v) is 7.52. The van der Waals surface area contributed by atoms with E-state index < -0.39 is 0 Å². The lowest BCUT2D eigenvalue weighted by atomic mass is 10.2. The Morgan fingerprint density at radius 3 is 2.54 bits per heavy atom. The van der Waals surface area contributed by atoms with Crippen molar-refractivity contribution in [3.8, 4) is 11.5 Å². The number of nitrogens with zero attached hydrogens (tertiary/aromatic N) is 2. The first-order chi connectivity index (χ1) is 11.5. The molecule has 0 fully saturated rings. The molecule has 1 aromatic carbocycles. The highest BCUT2D eigenvalue weighted by atomic mass is 16.5. The lowest BCUT2D eigenvalue weighted by molar-refractivity contribution is 0.102. The van der Waals surface area contributed by atoms with Crippen LogP contribution in [-0.2, 0) is 0 Å². The summed E-state index contributed by atoms with van der Waals surface area (Å²) in [6, 6.07) is 9.13. The summed E-state index contributed by atoms with van der Waals surface area (Å²) in [5.74, 6) is 0.939. The number of anilines is 1. The molecule has 124 valence electrons. The van der Waals surface area contributed by atoms with Gasteiger partial charge in [-0.2, -0.15) is 0 Å². The summed E-state index contributed by atoms with van der Waals surface area (Å²) in [6.45, 7) is 3.82. The Hall–Kier alpha value is -3.02. The summed E-state index contributed by atoms with van der Waals surface area (Å²) in [6.07, 6.45) is 1.86. The second-order valence-corrected chi connectivity index (χ2v) is 5.50. The van der Waals surface area contributed by atoms with E-state index in [2.05, 4.69) is 10.3 Å². The van der Waals surface area contributed by atoms with Crippen LogP contribution in [0, 0.1) is 13.8 Å². The zero-order valence-corrected chi connectivity index (χ0v) is 14.1. The zero-order valence-electron chi connectivity index (χ0n) is 14.1. The summed E-state index contributed by atoms with van der Waals surface area (Å²) < 4.78 is 12.3. The number of hydrogen-bond acceptors (Lipinski definition) is 4. The summed E-state index contributed by atoms with van der Waals surface area (Å²) >= 11 is 0. The zero-order chi connectivity index (χ0) is 17.3. The summed E-state index contributed by atoms with van der Waals surface area (Å²) in [5, 5.41) is 2.88. The van der Waals surface area contributed by atoms with Crippen molar-refractivity contribution in [2.24, 2.45) is 0 Å². The van der Waals surface area contributed by atoms with E-state index in [1.54, 1.807) is 36.8 Å². The number of amides is 1. The van der Waals surface area contributed by atoms with Gasteiger partial charge in [0.15, 0.2) is 11.5 Å². The monoisotopic (exact) mass is 325 g/mol. The third-order valence-corrected chi connectivity index (χ3v) is 3.81. The van der Waals surface area contributed by atoms with Gasteiger partial charge >= 0.3 is 0 Å². The molecule has 0 spiro atoms. The standard InChI is InChI=1S/C18H19N3O3/c1-11-7-8-21-16(9-11)19-12(2)17(21)18(22)20-13-5-6-14(23-3)15(10-13)24-4/h5-10H,1-4H3,(H,20,22). The molecule has 0 aliphatic rings. The highest BCUT2D eigenvalue weighted by Crippen LogP contribution is 2.30. The molecule has 6 heteroatoms. The van der Waals surface area contributed by atoms with E-state index in [9.17, 15) is 4.79 Å². The van der Waals surface area contributed by atoms with E-state index in [1.165, 1.54) is 0 Å². The number of nitrogens with one attached hydrogen (secondary N) is 1. The maximum absolute atomic E-state index is 12.7. The average Bonchev–Trinajstić information content (AvgIpc) is 2.89. The van der Waals surface area contributed by atoms with Crippen molar-refractivity contribution in [1.29, 1.82) is 0 Å². The van der Waals surface area contributed by atoms with Crippen molar-refractivity contribution in [2.75, 3.05) is 19.5 Å². The van der Waals surface area contributed by atoms with Crippen LogP contribution in [0.15, 0.2) is 36.5 Å².